The van der Waals surface area contributed by atoms with Crippen LogP contribution in [-0.4, -0.2) is 34.7 Å². The van der Waals surface area contributed by atoms with Crippen LogP contribution in [0.2, 0.25) is 0 Å². The molecule has 23 heavy (non-hydrogen) atoms. The van der Waals surface area contributed by atoms with Crippen molar-refractivity contribution in [3.63, 3.8) is 0 Å². The van der Waals surface area contributed by atoms with Crippen molar-refractivity contribution >= 4 is 27.9 Å². The summed E-state index contributed by atoms with van der Waals surface area (Å²) in [6.07, 6.45) is 0. The van der Waals surface area contributed by atoms with Gasteiger partial charge in [-0.15, -0.1) is 10.2 Å². The number of nitrogens with one attached hydrogen (secondary N) is 1. The fourth-order valence-corrected chi connectivity index (χ4v) is 3.35. The Bertz CT molecular complexity index is 862. The van der Waals surface area contributed by atoms with Crippen molar-refractivity contribution in [3.8, 4) is 11.5 Å². The Morgan fingerprint density at radius 1 is 1.13 bits per heavy atom. The van der Waals surface area contributed by atoms with Gasteiger partial charge in [-0.3, -0.25) is 9.20 Å². The molecule has 0 saturated heterocycles. The number of rotatable bonds is 4. The summed E-state index contributed by atoms with van der Waals surface area (Å²) in [5.41, 5.74) is 1.42. The monoisotopic (exact) mass is 332 g/mol. The quantitative estimate of drug-likeness (QED) is 0.795. The highest BCUT2D eigenvalue weighted by Crippen LogP contribution is 2.28. The van der Waals surface area contributed by atoms with Crippen LogP contribution in [0.3, 0.4) is 0 Å². The number of benzene rings is 1. The minimum atomic E-state index is -0.201. The number of ether oxygens (including phenoxy) is 2. The standard InChI is InChI=1S/C15H16N4O3S/c1-8-13(23-15-18-17-9(2)19(8)15)14(20)16-10-5-11(21-3)7-12(6-10)22-4/h5-7H,1-4H3,(H,16,20). The van der Waals surface area contributed by atoms with E-state index in [1.54, 1.807) is 32.4 Å². The Balaban J connectivity index is 1.93. The molecule has 0 aliphatic heterocycles. The lowest BCUT2D eigenvalue weighted by Crippen LogP contribution is -2.12. The Morgan fingerprint density at radius 2 is 1.78 bits per heavy atom. The van der Waals surface area contributed by atoms with Crippen LogP contribution in [0.1, 0.15) is 21.2 Å². The highest BCUT2D eigenvalue weighted by Gasteiger charge is 2.19. The maximum atomic E-state index is 12.6. The zero-order valence-electron chi connectivity index (χ0n) is 13.2. The lowest BCUT2D eigenvalue weighted by molar-refractivity contribution is 0.102. The number of aryl methyl sites for hydroxylation is 2. The largest absolute Gasteiger partial charge is 0.497 e. The van der Waals surface area contributed by atoms with Gasteiger partial charge in [-0.05, 0) is 13.8 Å². The zero-order valence-corrected chi connectivity index (χ0v) is 14.0. The zero-order chi connectivity index (χ0) is 16.6. The molecule has 0 bridgehead atoms. The van der Waals surface area contributed by atoms with Crippen molar-refractivity contribution in [2.75, 3.05) is 19.5 Å². The first-order chi connectivity index (χ1) is 11.0. The predicted molar refractivity (Wildman–Crippen MR) is 87.8 cm³/mol. The summed E-state index contributed by atoms with van der Waals surface area (Å²) in [7, 11) is 3.13. The van der Waals surface area contributed by atoms with E-state index in [-0.39, 0.29) is 5.91 Å². The van der Waals surface area contributed by atoms with E-state index in [1.807, 2.05) is 18.2 Å². The van der Waals surface area contributed by atoms with Gasteiger partial charge in [0.1, 0.15) is 22.2 Å². The van der Waals surface area contributed by atoms with Crippen LogP contribution in [0.5, 0.6) is 11.5 Å². The first-order valence-corrected chi connectivity index (χ1v) is 7.70. The number of carbonyl (C=O) groups is 1. The molecule has 0 fully saturated rings. The number of anilines is 1. The van der Waals surface area contributed by atoms with Crippen LogP contribution < -0.4 is 14.8 Å². The maximum Gasteiger partial charge on any atom is 0.267 e. The fourth-order valence-electron chi connectivity index (χ4n) is 2.34. The van der Waals surface area contributed by atoms with E-state index in [2.05, 4.69) is 15.5 Å². The van der Waals surface area contributed by atoms with Crippen LogP contribution in [-0.2, 0) is 0 Å². The molecule has 8 heteroatoms. The van der Waals surface area contributed by atoms with Gasteiger partial charge in [0.25, 0.3) is 5.91 Å². The van der Waals surface area contributed by atoms with E-state index in [0.717, 1.165) is 11.5 Å². The summed E-state index contributed by atoms with van der Waals surface area (Å²) >= 11 is 1.31. The maximum absolute atomic E-state index is 12.6. The number of nitrogens with zero attached hydrogens (tertiary/aromatic N) is 3. The summed E-state index contributed by atoms with van der Waals surface area (Å²) in [5.74, 6) is 1.78. The van der Waals surface area contributed by atoms with Crippen molar-refractivity contribution in [2.24, 2.45) is 0 Å². The molecule has 2 aromatic heterocycles. The Labute approximate surface area is 136 Å². The minimum Gasteiger partial charge on any atom is -0.497 e. The van der Waals surface area contributed by atoms with E-state index in [1.165, 1.54) is 11.3 Å². The molecule has 0 radical (unpaired) electrons. The lowest BCUT2D eigenvalue weighted by Gasteiger charge is -2.09. The van der Waals surface area contributed by atoms with Crippen molar-refractivity contribution in [1.29, 1.82) is 0 Å². The van der Waals surface area contributed by atoms with E-state index in [9.17, 15) is 4.79 Å². The molecule has 2 heterocycles. The van der Waals surface area contributed by atoms with Gasteiger partial charge in [0, 0.05) is 29.6 Å². The van der Waals surface area contributed by atoms with E-state index in [0.29, 0.717) is 27.0 Å². The molecule has 0 aliphatic rings. The van der Waals surface area contributed by atoms with Gasteiger partial charge in [-0.1, -0.05) is 11.3 Å². The van der Waals surface area contributed by atoms with Gasteiger partial charge in [0.05, 0.1) is 14.2 Å². The Morgan fingerprint density at radius 3 is 2.35 bits per heavy atom. The summed E-state index contributed by atoms with van der Waals surface area (Å²) in [6.45, 7) is 3.73. The smallest absolute Gasteiger partial charge is 0.267 e. The van der Waals surface area contributed by atoms with Gasteiger partial charge in [0.15, 0.2) is 0 Å². The average molecular weight is 332 g/mol. The summed E-state index contributed by atoms with van der Waals surface area (Å²) in [4.78, 5) is 13.9. The fraction of sp³-hybridized carbons (Fsp3) is 0.267. The third kappa shape index (κ3) is 2.72. The Hall–Kier alpha value is -2.61. The van der Waals surface area contributed by atoms with Crippen molar-refractivity contribution in [3.05, 3.63) is 34.6 Å². The number of amides is 1. The first kappa shape index (κ1) is 15.3. The third-order valence-electron chi connectivity index (χ3n) is 3.47. The van der Waals surface area contributed by atoms with Gasteiger partial charge in [-0.2, -0.15) is 0 Å². The van der Waals surface area contributed by atoms with Crippen molar-refractivity contribution in [2.45, 2.75) is 13.8 Å². The number of thiazole rings is 1. The van der Waals surface area contributed by atoms with Crippen molar-refractivity contribution in [1.82, 2.24) is 14.6 Å². The molecule has 0 atom stereocenters. The predicted octanol–water partition coefficient (Wildman–Crippen LogP) is 2.68. The molecular weight excluding hydrogens is 316 g/mol. The summed E-state index contributed by atoms with van der Waals surface area (Å²) in [5, 5.41) is 10.9. The highest BCUT2D eigenvalue weighted by atomic mass is 32.1. The third-order valence-corrected chi connectivity index (χ3v) is 4.60. The van der Waals surface area contributed by atoms with Crippen LogP contribution in [0, 0.1) is 13.8 Å². The topological polar surface area (TPSA) is 77.8 Å². The minimum absolute atomic E-state index is 0.201. The molecule has 3 aromatic rings. The molecule has 7 nitrogen and oxygen atoms in total. The SMILES string of the molecule is COc1cc(NC(=O)c2sc3nnc(C)n3c2C)cc(OC)c1. The normalized spacial score (nSPS) is 10.8. The second-order valence-electron chi connectivity index (χ2n) is 4.94. The van der Waals surface area contributed by atoms with Crippen LogP contribution >= 0.6 is 11.3 Å². The Kier molecular flexibility index (Phi) is 3.91. The highest BCUT2D eigenvalue weighted by molar-refractivity contribution is 7.19. The number of fused-ring (bicyclic) bond motifs is 1. The summed E-state index contributed by atoms with van der Waals surface area (Å²) < 4.78 is 12.3. The molecule has 0 aliphatic carbocycles. The lowest BCUT2D eigenvalue weighted by atomic mass is 10.2. The average Bonchev–Trinajstić information content (AvgIpc) is 3.07. The molecule has 0 unspecified atom stereocenters. The number of methoxy groups -OCH3 is 2. The van der Waals surface area contributed by atoms with Crippen LogP contribution in [0.4, 0.5) is 5.69 Å². The number of hydrogen-bond donors (Lipinski definition) is 1. The number of aromatic nitrogens is 3. The van der Waals surface area contributed by atoms with Gasteiger partial charge in [0.2, 0.25) is 4.96 Å². The van der Waals surface area contributed by atoms with Gasteiger partial charge < -0.3 is 14.8 Å². The molecular formula is C15H16N4O3S. The molecule has 0 spiro atoms. The van der Waals surface area contributed by atoms with E-state index in [4.69, 9.17) is 9.47 Å². The molecule has 120 valence electrons. The van der Waals surface area contributed by atoms with Gasteiger partial charge in [-0.25, -0.2) is 0 Å². The van der Waals surface area contributed by atoms with E-state index >= 15 is 0 Å². The molecule has 0 saturated carbocycles. The van der Waals surface area contributed by atoms with Crippen LogP contribution in [0.15, 0.2) is 18.2 Å². The second kappa shape index (κ2) is 5.88. The molecule has 1 amide bonds. The van der Waals surface area contributed by atoms with E-state index < -0.39 is 0 Å². The first-order valence-electron chi connectivity index (χ1n) is 6.89. The molecule has 3 rings (SSSR count). The summed E-state index contributed by atoms with van der Waals surface area (Å²) in [6, 6.07) is 5.22. The van der Waals surface area contributed by atoms with Crippen LogP contribution in [0.25, 0.3) is 4.96 Å². The number of hydrogen-bond acceptors (Lipinski definition) is 6. The molecule has 1 aromatic carbocycles. The van der Waals surface area contributed by atoms with Gasteiger partial charge >= 0.3 is 0 Å². The number of carbonyl (C=O) groups excluding carboxylic acids is 1. The second-order valence-corrected chi connectivity index (χ2v) is 5.91. The molecule has 1 N–H and O–H groups in total. The van der Waals surface area contributed by atoms with Crippen molar-refractivity contribution < 1.29 is 14.3 Å².